The molecule has 3 heterocycles. The molecule has 208 valence electrons. The monoisotopic (exact) mass is 589 g/mol. The molecule has 2 aromatic heterocycles. The van der Waals surface area contributed by atoms with Crippen LogP contribution in [0.1, 0.15) is 58.7 Å². The van der Waals surface area contributed by atoms with Gasteiger partial charge in [0, 0.05) is 10.6 Å². The highest BCUT2D eigenvalue weighted by Crippen LogP contribution is 2.46. The molecule has 0 saturated carbocycles. The molecule has 1 atom stereocenters. The zero-order chi connectivity index (χ0) is 28.8. The SMILES string of the molecule is COc1ccc(Cn2cc(-n3nc4c(c3C(C)C)C(c3ccc(Cl)cc3)N(c3cccc(Cl)c3F)C4=O)cn2)cc1. The molecule has 7 nitrogen and oxygen atoms in total. The largest absolute Gasteiger partial charge is 0.497 e. The topological polar surface area (TPSA) is 65.2 Å². The van der Waals surface area contributed by atoms with E-state index in [1.807, 2.05) is 61.1 Å². The Kier molecular flexibility index (Phi) is 7.05. The molecule has 10 heteroatoms. The highest BCUT2D eigenvalue weighted by Gasteiger charge is 2.45. The number of methoxy groups -OCH3 is 1. The maximum Gasteiger partial charge on any atom is 0.280 e. The van der Waals surface area contributed by atoms with Crippen LogP contribution in [0, 0.1) is 5.82 Å². The second-order valence-electron chi connectivity index (χ2n) is 10.2. The van der Waals surface area contributed by atoms with Crippen LogP contribution in [0.5, 0.6) is 5.75 Å². The van der Waals surface area contributed by atoms with E-state index in [2.05, 4.69) is 5.10 Å². The van der Waals surface area contributed by atoms with Gasteiger partial charge in [0.05, 0.1) is 48.5 Å². The number of carbonyl (C=O) groups is 1. The Balaban J connectivity index is 1.46. The number of ether oxygens (including phenoxy) is 1. The first-order chi connectivity index (χ1) is 19.8. The number of hydrogen-bond donors (Lipinski definition) is 0. The lowest BCUT2D eigenvalue weighted by Crippen LogP contribution is -2.31. The van der Waals surface area contributed by atoms with Crippen LogP contribution >= 0.6 is 23.2 Å². The number of carbonyl (C=O) groups excluding carboxylic acids is 1. The number of anilines is 1. The van der Waals surface area contributed by atoms with Gasteiger partial charge in [-0.2, -0.15) is 10.2 Å². The van der Waals surface area contributed by atoms with E-state index in [9.17, 15) is 4.79 Å². The number of aromatic nitrogens is 4. The molecule has 1 amide bonds. The molecule has 3 aromatic carbocycles. The van der Waals surface area contributed by atoms with Gasteiger partial charge in [-0.05, 0) is 53.4 Å². The minimum atomic E-state index is -0.662. The molecule has 1 unspecified atom stereocenters. The second-order valence-corrected chi connectivity index (χ2v) is 11.0. The third-order valence-electron chi connectivity index (χ3n) is 7.20. The maximum atomic E-state index is 15.3. The van der Waals surface area contributed by atoms with Crippen molar-refractivity contribution in [1.82, 2.24) is 19.6 Å². The van der Waals surface area contributed by atoms with Crippen LogP contribution in [-0.4, -0.2) is 32.6 Å². The van der Waals surface area contributed by atoms with Crippen LogP contribution < -0.4 is 9.64 Å². The number of halogens is 3. The summed E-state index contributed by atoms with van der Waals surface area (Å²) in [4.78, 5) is 15.4. The van der Waals surface area contributed by atoms with Gasteiger partial charge in [0.1, 0.15) is 11.4 Å². The number of amides is 1. The summed E-state index contributed by atoms with van der Waals surface area (Å²) in [5.41, 5.74) is 4.46. The summed E-state index contributed by atoms with van der Waals surface area (Å²) in [5.74, 6) is -0.310. The zero-order valence-electron chi connectivity index (χ0n) is 22.6. The van der Waals surface area contributed by atoms with Crippen LogP contribution in [0.25, 0.3) is 5.69 Å². The minimum Gasteiger partial charge on any atom is -0.497 e. The van der Waals surface area contributed by atoms with Gasteiger partial charge in [-0.1, -0.05) is 67.4 Å². The van der Waals surface area contributed by atoms with Gasteiger partial charge in [-0.25, -0.2) is 9.07 Å². The van der Waals surface area contributed by atoms with Gasteiger partial charge < -0.3 is 4.74 Å². The van der Waals surface area contributed by atoms with Crippen LogP contribution in [0.15, 0.2) is 79.1 Å². The van der Waals surface area contributed by atoms with Crippen molar-refractivity contribution in [3.63, 3.8) is 0 Å². The molecule has 0 saturated heterocycles. The molecule has 5 aromatic rings. The molecule has 0 N–H and O–H groups in total. The fourth-order valence-electron chi connectivity index (χ4n) is 5.34. The van der Waals surface area contributed by atoms with E-state index in [1.54, 1.807) is 42.3 Å². The molecule has 1 aliphatic heterocycles. The van der Waals surface area contributed by atoms with E-state index in [1.165, 1.54) is 11.0 Å². The van der Waals surface area contributed by atoms with Crippen molar-refractivity contribution >= 4 is 34.8 Å². The summed E-state index contributed by atoms with van der Waals surface area (Å²) in [6.07, 6.45) is 3.63. The summed E-state index contributed by atoms with van der Waals surface area (Å²) in [7, 11) is 1.63. The minimum absolute atomic E-state index is 0.0250. The average molecular weight is 590 g/mol. The van der Waals surface area contributed by atoms with Crippen molar-refractivity contribution < 1.29 is 13.9 Å². The van der Waals surface area contributed by atoms with Crippen molar-refractivity contribution in [1.29, 1.82) is 0 Å². The lowest BCUT2D eigenvalue weighted by molar-refractivity contribution is 0.0987. The Hall–Kier alpha value is -4.14. The molecule has 0 spiro atoms. The summed E-state index contributed by atoms with van der Waals surface area (Å²) in [5, 5.41) is 9.85. The molecular weight excluding hydrogens is 564 g/mol. The molecular formula is C31H26Cl2FN5O2. The fourth-order valence-corrected chi connectivity index (χ4v) is 5.63. The highest BCUT2D eigenvalue weighted by atomic mass is 35.5. The van der Waals surface area contributed by atoms with E-state index in [4.69, 9.17) is 33.0 Å². The van der Waals surface area contributed by atoms with E-state index < -0.39 is 17.8 Å². The number of fused-ring (bicyclic) bond motifs is 1. The van der Waals surface area contributed by atoms with Crippen LogP contribution in [0.3, 0.4) is 0 Å². The van der Waals surface area contributed by atoms with Crippen LogP contribution in [0.4, 0.5) is 10.1 Å². The standard InChI is InChI=1S/C31H26Cl2FN5O2/c1-18(2)29-26-28(36-39(29)22-15-35-37(17-22)16-19-7-13-23(41-3)14-8-19)31(40)38(25-6-4-5-24(33)27(25)34)30(26)20-9-11-21(32)12-10-20/h4-15,17-18,30H,16H2,1-3H3. The van der Waals surface area contributed by atoms with Gasteiger partial charge in [-0.3, -0.25) is 14.4 Å². The maximum absolute atomic E-state index is 15.3. The number of rotatable bonds is 7. The Labute approximate surface area is 246 Å². The number of hydrogen-bond acceptors (Lipinski definition) is 4. The van der Waals surface area contributed by atoms with E-state index >= 15 is 4.39 Å². The molecule has 0 fully saturated rings. The van der Waals surface area contributed by atoms with Crippen molar-refractivity contribution in [2.75, 3.05) is 12.0 Å². The molecule has 0 bridgehead atoms. The first-order valence-electron chi connectivity index (χ1n) is 13.1. The summed E-state index contributed by atoms with van der Waals surface area (Å²) in [6.45, 7) is 4.64. The molecule has 0 radical (unpaired) electrons. The summed E-state index contributed by atoms with van der Waals surface area (Å²) >= 11 is 12.3. The van der Waals surface area contributed by atoms with Gasteiger partial charge in [-0.15, -0.1) is 0 Å². The molecule has 1 aliphatic rings. The number of benzene rings is 3. The van der Waals surface area contributed by atoms with Gasteiger partial charge in [0.2, 0.25) is 0 Å². The second kappa shape index (κ2) is 10.7. The lowest BCUT2D eigenvalue weighted by atomic mass is 9.94. The molecule has 41 heavy (non-hydrogen) atoms. The normalized spacial score (nSPS) is 14.7. The smallest absolute Gasteiger partial charge is 0.280 e. The van der Waals surface area contributed by atoms with Gasteiger partial charge >= 0.3 is 0 Å². The van der Waals surface area contributed by atoms with Crippen molar-refractivity contribution in [3.8, 4) is 11.4 Å². The highest BCUT2D eigenvalue weighted by molar-refractivity contribution is 6.31. The quantitative estimate of drug-likeness (QED) is 0.198. The van der Waals surface area contributed by atoms with Crippen molar-refractivity contribution in [3.05, 3.63) is 123 Å². The Morgan fingerprint density at radius 2 is 1.76 bits per heavy atom. The predicted molar refractivity (Wildman–Crippen MR) is 157 cm³/mol. The van der Waals surface area contributed by atoms with Crippen molar-refractivity contribution in [2.24, 2.45) is 0 Å². The lowest BCUT2D eigenvalue weighted by Gasteiger charge is -2.28. The Morgan fingerprint density at radius 3 is 2.44 bits per heavy atom. The Bertz CT molecular complexity index is 1750. The fraction of sp³-hybridized carbons (Fsp3) is 0.194. The predicted octanol–water partition coefficient (Wildman–Crippen LogP) is 7.44. The van der Waals surface area contributed by atoms with Crippen LogP contribution in [0.2, 0.25) is 10.0 Å². The molecule has 0 aliphatic carbocycles. The van der Waals surface area contributed by atoms with E-state index in [-0.39, 0.29) is 22.3 Å². The third-order valence-corrected chi connectivity index (χ3v) is 7.75. The Morgan fingerprint density at radius 1 is 1.02 bits per heavy atom. The summed E-state index contributed by atoms with van der Waals surface area (Å²) in [6, 6.07) is 19.0. The van der Waals surface area contributed by atoms with Crippen molar-refractivity contribution in [2.45, 2.75) is 32.4 Å². The summed E-state index contributed by atoms with van der Waals surface area (Å²) < 4.78 is 24.2. The van der Waals surface area contributed by atoms with E-state index in [0.717, 1.165) is 33.8 Å². The molecule has 6 rings (SSSR count). The van der Waals surface area contributed by atoms with E-state index in [0.29, 0.717) is 11.6 Å². The third kappa shape index (κ3) is 4.77. The first kappa shape index (κ1) is 27.1. The first-order valence-corrected chi connectivity index (χ1v) is 13.8. The van der Waals surface area contributed by atoms with Gasteiger partial charge in [0.25, 0.3) is 5.91 Å². The van der Waals surface area contributed by atoms with Gasteiger partial charge in [0.15, 0.2) is 11.5 Å². The average Bonchev–Trinajstić information content (AvgIpc) is 3.65. The van der Waals surface area contributed by atoms with Crippen LogP contribution in [-0.2, 0) is 6.54 Å². The zero-order valence-corrected chi connectivity index (χ0v) is 24.1. The number of nitrogens with zero attached hydrogens (tertiary/aromatic N) is 5.